The number of carboxylic acid groups (broad SMARTS) is 1. The summed E-state index contributed by atoms with van der Waals surface area (Å²) in [6, 6.07) is 6.13. The summed E-state index contributed by atoms with van der Waals surface area (Å²) in [5, 5.41) is 20.5. The van der Waals surface area contributed by atoms with E-state index < -0.39 is 12.1 Å². The number of morpholine rings is 1. The van der Waals surface area contributed by atoms with E-state index in [9.17, 15) is 9.59 Å². The third kappa shape index (κ3) is 3.49. The first kappa shape index (κ1) is 14.8. The van der Waals surface area contributed by atoms with Crippen molar-refractivity contribution in [3.63, 3.8) is 0 Å². The number of hydrogen-bond acceptors (Lipinski definition) is 4. The van der Waals surface area contributed by atoms with E-state index >= 15 is 0 Å². The van der Waals surface area contributed by atoms with Gasteiger partial charge in [-0.05, 0) is 24.6 Å². The number of nitrogens with zero attached hydrogens (tertiary/aromatic N) is 2. The van der Waals surface area contributed by atoms with Crippen LogP contribution in [-0.4, -0.2) is 47.8 Å². The molecular formula is C14H15N3O4. The number of anilines is 1. The van der Waals surface area contributed by atoms with Crippen LogP contribution in [0.3, 0.4) is 0 Å². The third-order valence-corrected chi connectivity index (χ3v) is 3.22. The molecule has 1 saturated heterocycles. The van der Waals surface area contributed by atoms with Crippen molar-refractivity contribution >= 4 is 17.7 Å². The molecule has 1 heterocycles. The fourth-order valence-corrected chi connectivity index (χ4v) is 2.00. The number of carboxylic acids is 1. The molecule has 110 valence electrons. The van der Waals surface area contributed by atoms with Crippen molar-refractivity contribution in [3.05, 3.63) is 29.3 Å². The fourth-order valence-electron chi connectivity index (χ4n) is 2.00. The first-order chi connectivity index (χ1) is 10.0. The van der Waals surface area contributed by atoms with Crippen molar-refractivity contribution in [1.82, 2.24) is 4.90 Å². The van der Waals surface area contributed by atoms with Gasteiger partial charge in [-0.25, -0.2) is 9.59 Å². The summed E-state index contributed by atoms with van der Waals surface area (Å²) >= 11 is 0. The highest BCUT2D eigenvalue weighted by Crippen LogP contribution is 2.18. The van der Waals surface area contributed by atoms with E-state index in [1.54, 1.807) is 13.0 Å². The molecule has 1 unspecified atom stereocenters. The predicted molar refractivity (Wildman–Crippen MR) is 74.1 cm³/mol. The molecule has 0 aromatic heterocycles. The van der Waals surface area contributed by atoms with Gasteiger partial charge in [-0.1, -0.05) is 6.07 Å². The number of urea groups is 1. The minimum atomic E-state index is -1.05. The number of hydrogen-bond donors (Lipinski definition) is 2. The van der Waals surface area contributed by atoms with Crippen LogP contribution in [0.4, 0.5) is 10.5 Å². The van der Waals surface area contributed by atoms with Gasteiger partial charge in [0.25, 0.3) is 0 Å². The van der Waals surface area contributed by atoms with E-state index in [1.165, 1.54) is 17.0 Å². The molecule has 2 N–H and O–H groups in total. The Morgan fingerprint density at radius 2 is 2.29 bits per heavy atom. The molecule has 1 aliphatic heterocycles. The van der Waals surface area contributed by atoms with Gasteiger partial charge >= 0.3 is 12.0 Å². The van der Waals surface area contributed by atoms with Crippen LogP contribution in [0.15, 0.2) is 18.2 Å². The maximum atomic E-state index is 12.2. The molecule has 1 aliphatic rings. The Hall–Kier alpha value is -2.59. The number of rotatable bonds is 2. The van der Waals surface area contributed by atoms with E-state index in [0.717, 1.165) is 5.56 Å². The number of benzene rings is 1. The highest BCUT2D eigenvalue weighted by Gasteiger charge is 2.24. The molecule has 7 nitrogen and oxygen atoms in total. The lowest BCUT2D eigenvalue weighted by Gasteiger charge is -2.30. The van der Waals surface area contributed by atoms with Crippen LogP contribution >= 0.6 is 0 Å². The van der Waals surface area contributed by atoms with Crippen LogP contribution in [0, 0.1) is 18.3 Å². The number of amides is 2. The number of aromatic carboxylic acids is 1. The monoisotopic (exact) mass is 289 g/mol. The van der Waals surface area contributed by atoms with E-state index in [4.69, 9.17) is 15.1 Å². The summed E-state index contributed by atoms with van der Waals surface area (Å²) in [4.78, 5) is 24.6. The van der Waals surface area contributed by atoms with Gasteiger partial charge < -0.3 is 20.1 Å². The van der Waals surface area contributed by atoms with Crippen molar-refractivity contribution in [2.75, 3.05) is 25.0 Å². The summed E-state index contributed by atoms with van der Waals surface area (Å²) in [6.07, 6.45) is -0.629. The molecule has 1 aromatic carbocycles. The number of nitriles is 1. The molecule has 7 heteroatoms. The normalized spacial score (nSPS) is 17.9. The lowest BCUT2D eigenvalue weighted by Crippen LogP contribution is -2.47. The lowest BCUT2D eigenvalue weighted by atomic mass is 10.1. The van der Waals surface area contributed by atoms with Crippen molar-refractivity contribution in [3.8, 4) is 6.07 Å². The summed E-state index contributed by atoms with van der Waals surface area (Å²) in [5.74, 6) is -1.05. The highest BCUT2D eigenvalue weighted by molar-refractivity contribution is 5.94. The molecule has 0 aliphatic carbocycles. The Balaban J connectivity index is 2.10. The molecule has 2 rings (SSSR count). The first-order valence-electron chi connectivity index (χ1n) is 6.42. The predicted octanol–water partition coefficient (Wildman–Crippen LogP) is 1.45. The van der Waals surface area contributed by atoms with Crippen LogP contribution in [0.5, 0.6) is 0 Å². The topological polar surface area (TPSA) is 103 Å². The zero-order chi connectivity index (χ0) is 15.4. The van der Waals surface area contributed by atoms with Gasteiger partial charge in [0, 0.05) is 12.2 Å². The minimum Gasteiger partial charge on any atom is -0.478 e. The lowest BCUT2D eigenvalue weighted by molar-refractivity contribution is 0.0181. The molecule has 2 amide bonds. The second kappa shape index (κ2) is 6.24. The maximum Gasteiger partial charge on any atom is 0.335 e. The molecule has 21 heavy (non-hydrogen) atoms. The molecule has 1 aromatic rings. The third-order valence-electron chi connectivity index (χ3n) is 3.22. The number of ether oxygens (including phenoxy) is 1. The quantitative estimate of drug-likeness (QED) is 0.857. The number of nitrogens with one attached hydrogen (secondary N) is 1. The molecule has 0 bridgehead atoms. The average Bonchev–Trinajstić information content (AvgIpc) is 2.49. The van der Waals surface area contributed by atoms with Gasteiger partial charge in [-0.15, -0.1) is 0 Å². The summed E-state index contributed by atoms with van der Waals surface area (Å²) in [7, 11) is 0. The van der Waals surface area contributed by atoms with Gasteiger partial charge in [0.15, 0.2) is 6.10 Å². The van der Waals surface area contributed by atoms with E-state index in [1.807, 2.05) is 6.07 Å². The van der Waals surface area contributed by atoms with Crippen LogP contribution in [-0.2, 0) is 4.74 Å². The number of aryl methyl sites for hydroxylation is 1. The minimum absolute atomic E-state index is 0.104. The standard InChI is InChI=1S/C14H15N3O4/c1-9-2-3-10(13(18)19)6-12(9)16-14(20)17-4-5-21-11(7-15)8-17/h2-3,6,11H,4-5,8H2,1H3,(H,16,20)(H,18,19). The molecule has 0 spiro atoms. The summed E-state index contributed by atoms with van der Waals surface area (Å²) in [5.41, 5.74) is 1.31. The molecule has 1 atom stereocenters. The second-order valence-electron chi connectivity index (χ2n) is 4.70. The SMILES string of the molecule is Cc1ccc(C(=O)O)cc1NC(=O)N1CCOC(C#N)C1. The van der Waals surface area contributed by atoms with Gasteiger partial charge in [0.1, 0.15) is 0 Å². The fraction of sp³-hybridized carbons (Fsp3) is 0.357. The largest absolute Gasteiger partial charge is 0.478 e. The average molecular weight is 289 g/mol. The Morgan fingerprint density at radius 3 is 2.95 bits per heavy atom. The smallest absolute Gasteiger partial charge is 0.335 e. The highest BCUT2D eigenvalue weighted by atomic mass is 16.5. The van der Waals surface area contributed by atoms with Crippen LogP contribution in [0.25, 0.3) is 0 Å². The Morgan fingerprint density at radius 1 is 1.52 bits per heavy atom. The molecule has 1 fully saturated rings. The van der Waals surface area contributed by atoms with Crippen molar-refractivity contribution in [2.24, 2.45) is 0 Å². The van der Waals surface area contributed by atoms with Gasteiger partial charge in [-0.2, -0.15) is 5.26 Å². The Kier molecular flexibility index (Phi) is 4.40. The van der Waals surface area contributed by atoms with Crippen LogP contribution < -0.4 is 5.32 Å². The maximum absolute atomic E-state index is 12.2. The van der Waals surface area contributed by atoms with Gasteiger partial charge in [0.2, 0.25) is 0 Å². The number of carbonyl (C=O) groups excluding carboxylic acids is 1. The molecule has 0 radical (unpaired) electrons. The second-order valence-corrected chi connectivity index (χ2v) is 4.70. The zero-order valence-electron chi connectivity index (χ0n) is 11.5. The summed E-state index contributed by atoms with van der Waals surface area (Å²) in [6.45, 7) is 2.67. The van der Waals surface area contributed by atoms with Crippen molar-refractivity contribution in [2.45, 2.75) is 13.0 Å². The van der Waals surface area contributed by atoms with Gasteiger partial charge in [-0.3, -0.25) is 0 Å². The summed E-state index contributed by atoms with van der Waals surface area (Å²) < 4.78 is 5.17. The van der Waals surface area contributed by atoms with E-state index in [0.29, 0.717) is 18.8 Å². The van der Waals surface area contributed by atoms with Gasteiger partial charge in [0.05, 0.1) is 24.8 Å². The van der Waals surface area contributed by atoms with Crippen molar-refractivity contribution in [1.29, 1.82) is 5.26 Å². The van der Waals surface area contributed by atoms with E-state index in [2.05, 4.69) is 5.32 Å². The molecular weight excluding hydrogens is 274 g/mol. The zero-order valence-corrected chi connectivity index (χ0v) is 11.5. The van der Waals surface area contributed by atoms with E-state index in [-0.39, 0.29) is 18.1 Å². The number of carbonyl (C=O) groups is 2. The van der Waals surface area contributed by atoms with Crippen molar-refractivity contribution < 1.29 is 19.4 Å². The first-order valence-corrected chi connectivity index (χ1v) is 6.42. The Bertz CT molecular complexity index is 609. The Labute approximate surface area is 121 Å². The van der Waals surface area contributed by atoms with Crippen LogP contribution in [0.1, 0.15) is 15.9 Å². The molecule has 0 saturated carbocycles. The van der Waals surface area contributed by atoms with Crippen LogP contribution in [0.2, 0.25) is 0 Å².